The van der Waals surface area contributed by atoms with Gasteiger partial charge >= 0.3 is 6.09 Å². The molecule has 4 rings (SSSR count). The van der Waals surface area contributed by atoms with E-state index in [4.69, 9.17) is 4.74 Å². The molecule has 1 saturated heterocycles. The number of aromatic amines is 1. The van der Waals surface area contributed by atoms with Crippen molar-refractivity contribution in [2.45, 2.75) is 25.7 Å². The van der Waals surface area contributed by atoms with Gasteiger partial charge < -0.3 is 14.6 Å². The van der Waals surface area contributed by atoms with E-state index in [2.05, 4.69) is 44.5 Å². The van der Waals surface area contributed by atoms with E-state index in [0.717, 1.165) is 25.9 Å². The number of H-pyrrole nitrogens is 1. The molecule has 0 aliphatic carbocycles. The van der Waals surface area contributed by atoms with Crippen LogP contribution in [0.25, 0.3) is 11.0 Å². The van der Waals surface area contributed by atoms with Crippen molar-refractivity contribution in [1.29, 1.82) is 0 Å². The van der Waals surface area contributed by atoms with E-state index in [-0.39, 0.29) is 18.4 Å². The average molecular weight is 382 g/mol. The molecule has 2 heterocycles. The molecule has 1 aliphatic heterocycles. The van der Waals surface area contributed by atoms with Gasteiger partial charge in [-0.2, -0.15) is 0 Å². The minimum atomic E-state index is -0.592. The fourth-order valence-electron chi connectivity index (χ4n) is 3.76. The third-order valence-electron chi connectivity index (χ3n) is 5.15. The van der Waals surface area contributed by atoms with Crippen molar-refractivity contribution in [1.82, 2.24) is 9.97 Å². The topological polar surface area (TPSA) is 70.2 Å². The van der Waals surface area contributed by atoms with Gasteiger partial charge in [-0.25, -0.2) is 14.2 Å². The van der Waals surface area contributed by atoms with Gasteiger partial charge in [0.15, 0.2) is 0 Å². The van der Waals surface area contributed by atoms with Crippen LogP contribution in [0.3, 0.4) is 0 Å². The molecule has 28 heavy (non-hydrogen) atoms. The number of fused-ring (bicyclic) bond motifs is 1. The zero-order chi connectivity index (χ0) is 19.5. The number of benzene rings is 2. The molecule has 1 amide bonds. The van der Waals surface area contributed by atoms with Crippen molar-refractivity contribution in [3.63, 3.8) is 0 Å². The summed E-state index contributed by atoms with van der Waals surface area (Å²) in [5, 5.41) is 2.51. The smallest absolute Gasteiger partial charge is 0.413 e. The monoisotopic (exact) mass is 382 g/mol. The van der Waals surface area contributed by atoms with E-state index in [1.54, 1.807) is 13.0 Å². The molecule has 1 aliphatic rings. The lowest BCUT2D eigenvalue weighted by Gasteiger charge is -2.34. The normalized spacial score (nSPS) is 15.0. The molecule has 0 bridgehead atoms. The fraction of sp³-hybridized carbons (Fsp3) is 0.333. The first-order valence-corrected chi connectivity index (χ1v) is 9.57. The van der Waals surface area contributed by atoms with Gasteiger partial charge in [0.2, 0.25) is 5.95 Å². The highest BCUT2D eigenvalue weighted by Crippen LogP contribution is 2.33. The SMILES string of the molecule is CCOC(=O)Nc1nc2cc(N3CCC(c4ccccc4)CC3)c(F)cc2[nH]1. The first-order valence-electron chi connectivity index (χ1n) is 9.57. The van der Waals surface area contributed by atoms with Gasteiger partial charge in [0, 0.05) is 19.2 Å². The van der Waals surface area contributed by atoms with Crippen LogP contribution in [0, 0.1) is 5.82 Å². The maximum absolute atomic E-state index is 14.7. The zero-order valence-electron chi connectivity index (χ0n) is 15.7. The molecule has 1 aromatic heterocycles. The summed E-state index contributed by atoms with van der Waals surface area (Å²) in [6.45, 7) is 3.57. The van der Waals surface area contributed by atoms with Gasteiger partial charge in [-0.1, -0.05) is 30.3 Å². The highest BCUT2D eigenvalue weighted by Gasteiger charge is 2.23. The number of rotatable bonds is 4. The molecule has 0 radical (unpaired) electrons. The van der Waals surface area contributed by atoms with Gasteiger partial charge in [0.25, 0.3) is 0 Å². The van der Waals surface area contributed by atoms with Crippen molar-refractivity contribution in [3.05, 3.63) is 53.8 Å². The summed E-state index contributed by atoms with van der Waals surface area (Å²) >= 11 is 0. The summed E-state index contributed by atoms with van der Waals surface area (Å²) in [4.78, 5) is 20.8. The molecule has 2 N–H and O–H groups in total. The number of carbonyl (C=O) groups is 1. The first kappa shape index (κ1) is 18.3. The van der Waals surface area contributed by atoms with Crippen LogP contribution in [0.4, 0.5) is 20.8 Å². The summed E-state index contributed by atoms with van der Waals surface area (Å²) in [5.74, 6) is 0.458. The molecule has 0 spiro atoms. The van der Waals surface area contributed by atoms with Crippen LogP contribution in [0.5, 0.6) is 0 Å². The van der Waals surface area contributed by atoms with Gasteiger partial charge in [0.1, 0.15) is 5.82 Å². The van der Waals surface area contributed by atoms with Crippen LogP contribution in [0.1, 0.15) is 31.2 Å². The molecule has 1 fully saturated rings. The fourth-order valence-corrected chi connectivity index (χ4v) is 3.76. The summed E-state index contributed by atoms with van der Waals surface area (Å²) in [6.07, 6.45) is 1.38. The number of carbonyl (C=O) groups excluding carboxylic acids is 1. The standard InChI is InChI=1S/C21H23FN4O2/c1-2-28-21(27)25-20-23-17-12-16(22)19(13-18(17)24-20)26-10-8-15(9-11-26)14-6-4-3-5-7-14/h3-7,12-13,15H,2,8-11H2,1H3,(H2,23,24,25,27). The van der Waals surface area contributed by atoms with E-state index >= 15 is 0 Å². The lowest BCUT2D eigenvalue weighted by atomic mass is 9.89. The Hall–Kier alpha value is -3.09. The number of amides is 1. The van der Waals surface area contributed by atoms with Crippen LogP contribution in [0.2, 0.25) is 0 Å². The van der Waals surface area contributed by atoms with E-state index in [1.807, 2.05) is 6.07 Å². The number of hydrogen-bond donors (Lipinski definition) is 2. The van der Waals surface area contributed by atoms with Crippen LogP contribution in [0.15, 0.2) is 42.5 Å². The van der Waals surface area contributed by atoms with E-state index in [0.29, 0.717) is 22.6 Å². The van der Waals surface area contributed by atoms with Crippen LogP contribution < -0.4 is 10.2 Å². The van der Waals surface area contributed by atoms with Crippen LogP contribution in [-0.2, 0) is 4.74 Å². The zero-order valence-corrected chi connectivity index (χ0v) is 15.7. The largest absolute Gasteiger partial charge is 0.450 e. The molecule has 6 nitrogen and oxygen atoms in total. The molecule has 7 heteroatoms. The molecule has 3 aromatic rings. The van der Waals surface area contributed by atoms with Crippen molar-refractivity contribution >= 4 is 28.8 Å². The maximum Gasteiger partial charge on any atom is 0.413 e. The van der Waals surface area contributed by atoms with Gasteiger partial charge in [-0.3, -0.25) is 5.32 Å². The molecular weight excluding hydrogens is 359 g/mol. The number of hydrogen-bond acceptors (Lipinski definition) is 4. The summed E-state index contributed by atoms with van der Waals surface area (Å²) in [7, 11) is 0. The predicted molar refractivity (Wildman–Crippen MR) is 107 cm³/mol. The summed E-state index contributed by atoms with van der Waals surface area (Å²) in [6, 6.07) is 13.6. The quantitative estimate of drug-likeness (QED) is 0.689. The Labute approximate surface area is 162 Å². The minimum absolute atomic E-state index is 0.243. The number of anilines is 2. The van der Waals surface area contributed by atoms with Crippen LogP contribution >= 0.6 is 0 Å². The van der Waals surface area contributed by atoms with Gasteiger partial charge in [-0.05, 0) is 37.3 Å². The van der Waals surface area contributed by atoms with Crippen molar-refractivity contribution in [3.8, 4) is 0 Å². The average Bonchev–Trinajstić information content (AvgIpc) is 3.09. The number of nitrogens with zero attached hydrogens (tertiary/aromatic N) is 2. The Morgan fingerprint density at radius 3 is 2.75 bits per heavy atom. The number of nitrogens with one attached hydrogen (secondary N) is 2. The second-order valence-electron chi connectivity index (χ2n) is 6.92. The van der Waals surface area contributed by atoms with E-state index < -0.39 is 6.09 Å². The highest BCUT2D eigenvalue weighted by atomic mass is 19.1. The van der Waals surface area contributed by atoms with Crippen molar-refractivity contribution < 1.29 is 13.9 Å². The Bertz CT molecular complexity index is 965. The molecule has 146 valence electrons. The predicted octanol–water partition coefficient (Wildman–Crippen LogP) is 4.65. The highest BCUT2D eigenvalue weighted by molar-refractivity contribution is 5.87. The lowest BCUT2D eigenvalue weighted by Crippen LogP contribution is -2.33. The summed E-state index contributed by atoms with van der Waals surface area (Å²) in [5.41, 5.74) is 3.04. The number of piperidine rings is 1. The third kappa shape index (κ3) is 3.78. The maximum atomic E-state index is 14.7. The molecular formula is C21H23FN4O2. The minimum Gasteiger partial charge on any atom is -0.450 e. The second-order valence-corrected chi connectivity index (χ2v) is 6.92. The number of aromatic nitrogens is 2. The molecule has 0 atom stereocenters. The van der Waals surface area contributed by atoms with Gasteiger partial charge in [-0.15, -0.1) is 0 Å². The van der Waals surface area contributed by atoms with Crippen molar-refractivity contribution in [2.75, 3.05) is 29.9 Å². The summed E-state index contributed by atoms with van der Waals surface area (Å²) < 4.78 is 19.6. The Morgan fingerprint density at radius 1 is 1.29 bits per heavy atom. The number of ether oxygens (including phenoxy) is 1. The first-order chi connectivity index (χ1) is 13.6. The third-order valence-corrected chi connectivity index (χ3v) is 5.15. The van der Waals surface area contributed by atoms with Crippen LogP contribution in [-0.4, -0.2) is 35.8 Å². The molecule has 0 unspecified atom stereocenters. The van der Waals surface area contributed by atoms with E-state index in [1.165, 1.54) is 11.6 Å². The number of halogens is 1. The van der Waals surface area contributed by atoms with Gasteiger partial charge in [0.05, 0.1) is 23.3 Å². The Balaban J connectivity index is 1.49. The molecule has 0 saturated carbocycles. The Kier molecular flexibility index (Phi) is 5.14. The Morgan fingerprint density at radius 2 is 2.04 bits per heavy atom. The second kappa shape index (κ2) is 7.88. The van der Waals surface area contributed by atoms with Crippen molar-refractivity contribution in [2.24, 2.45) is 0 Å². The number of imidazole rings is 1. The van der Waals surface area contributed by atoms with E-state index in [9.17, 15) is 9.18 Å². The molecule has 2 aromatic carbocycles. The lowest BCUT2D eigenvalue weighted by molar-refractivity contribution is 0.167.